The number of aliphatic hydroxyl groups is 1. The van der Waals surface area contributed by atoms with Crippen molar-refractivity contribution in [3.8, 4) is 0 Å². The number of ether oxygens (including phenoxy) is 2. The molecule has 228 valence electrons. The number of aliphatic hydroxyl groups excluding tert-OH is 1. The van der Waals surface area contributed by atoms with E-state index in [1.165, 1.54) is 9.80 Å². The minimum Gasteiger partial charge on any atom is -0.465 e. The van der Waals surface area contributed by atoms with Gasteiger partial charge >= 0.3 is 5.97 Å². The van der Waals surface area contributed by atoms with Crippen LogP contribution in [0.5, 0.6) is 0 Å². The molecule has 3 saturated heterocycles. The van der Waals surface area contributed by atoms with Crippen molar-refractivity contribution in [1.29, 1.82) is 0 Å². The first-order chi connectivity index (χ1) is 20.7. The highest BCUT2D eigenvalue weighted by Crippen LogP contribution is 2.64. The van der Waals surface area contributed by atoms with Gasteiger partial charge in [-0.2, -0.15) is 0 Å². The molecule has 2 bridgehead atoms. The van der Waals surface area contributed by atoms with Crippen LogP contribution in [0.3, 0.4) is 0 Å². The number of anilines is 1. The number of nitrogens with zero attached hydrogens (tertiary/aromatic N) is 2. The van der Waals surface area contributed by atoms with E-state index < -0.39 is 59.5 Å². The number of esters is 1. The van der Waals surface area contributed by atoms with E-state index in [0.717, 1.165) is 12.8 Å². The molecule has 3 heterocycles. The zero-order valence-electron chi connectivity index (χ0n) is 24.5. The second kappa shape index (κ2) is 12.6. The number of hydrogen-bond donors (Lipinski definition) is 1. The van der Waals surface area contributed by atoms with Gasteiger partial charge in [-0.05, 0) is 56.7 Å². The first-order valence-electron chi connectivity index (χ1n) is 14.9. The normalized spacial score (nSPS) is 27.9. The molecule has 2 aromatic carbocycles. The molecule has 6 atom stereocenters. The minimum atomic E-state index is -1.29. The lowest BCUT2D eigenvalue weighted by molar-refractivity contribution is -0.160. The van der Waals surface area contributed by atoms with Gasteiger partial charge in [0.05, 0.1) is 41.5 Å². The number of fused-ring (bicyclic) bond motifs is 1. The van der Waals surface area contributed by atoms with Gasteiger partial charge in [-0.15, -0.1) is 13.2 Å². The Labute approximate surface area is 257 Å². The van der Waals surface area contributed by atoms with Crippen molar-refractivity contribution < 1.29 is 29.0 Å². The van der Waals surface area contributed by atoms with Gasteiger partial charge in [-0.1, -0.05) is 66.2 Å². The molecule has 9 heteroatoms. The van der Waals surface area contributed by atoms with E-state index in [4.69, 9.17) is 21.1 Å². The van der Waals surface area contributed by atoms with Crippen LogP contribution in [0.25, 0.3) is 0 Å². The molecule has 2 amide bonds. The van der Waals surface area contributed by atoms with E-state index in [9.17, 15) is 19.5 Å². The SMILES string of the molecule is C=CCCCCOC(=O)[C@H]1[C@H]2C(=O)N([C@H](CO)c3ccccc3)C(C(=O)N(CC=C)c3ccccc3Cl)C23CC[C@]1(C)O3. The summed E-state index contributed by atoms with van der Waals surface area (Å²) in [7, 11) is 0. The van der Waals surface area contributed by atoms with Gasteiger partial charge in [-0.3, -0.25) is 14.4 Å². The summed E-state index contributed by atoms with van der Waals surface area (Å²) in [5.41, 5.74) is -1.13. The third-order valence-corrected chi connectivity index (χ3v) is 9.48. The standard InChI is InChI=1S/C34H39ClN2O6/c1-4-6-7-13-21-42-32(41)28-27-30(39)37(26(22-38)23-14-9-8-10-15-23)29(34(27)19-18-33(28,3)43-34)31(40)36(20-5-2)25-17-12-11-16-24(25)35/h4-5,8-12,14-17,26-29,38H,1-2,6-7,13,18-22H2,3H3/t26-,27+,28-,29?,33+,34?/m1/s1. The van der Waals surface area contributed by atoms with Crippen LogP contribution < -0.4 is 4.90 Å². The molecule has 3 fully saturated rings. The van der Waals surface area contributed by atoms with Gasteiger partial charge in [0.25, 0.3) is 5.91 Å². The number of para-hydroxylation sites is 1. The summed E-state index contributed by atoms with van der Waals surface area (Å²) in [6, 6.07) is 14.1. The minimum absolute atomic E-state index is 0.129. The molecule has 3 aliphatic heterocycles. The van der Waals surface area contributed by atoms with Gasteiger partial charge in [0, 0.05) is 6.54 Å². The van der Waals surface area contributed by atoms with E-state index in [-0.39, 0.29) is 13.2 Å². The Hall–Kier alpha value is -3.46. The van der Waals surface area contributed by atoms with Crippen LogP contribution in [0.15, 0.2) is 79.9 Å². The number of rotatable bonds is 13. The van der Waals surface area contributed by atoms with Crippen LogP contribution in [0.2, 0.25) is 5.02 Å². The van der Waals surface area contributed by atoms with Gasteiger partial charge in [0.15, 0.2) is 0 Å². The molecule has 3 aliphatic rings. The second-order valence-electron chi connectivity index (χ2n) is 11.7. The Balaban J connectivity index is 1.59. The highest BCUT2D eigenvalue weighted by molar-refractivity contribution is 6.34. The Kier molecular flexibility index (Phi) is 9.11. The van der Waals surface area contributed by atoms with Crippen LogP contribution in [-0.2, 0) is 23.9 Å². The smallest absolute Gasteiger partial charge is 0.312 e. The molecule has 2 aromatic rings. The maximum absolute atomic E-state index is 14.8. The largest absolute Gasteiger partial charge is 0.465 e. The summed E-state index contributed by atoms with van der Waals surface area (Å²) in [5, 5.41) is 11.1. The number of amides is 2. The number of carbonyl (C=O) groups is 3. The monoisotopic (exact) mass is 606 g/mol. The van der Waals surface area contributed by atoms with Crippen molar-refractivity contribution in [2.75, 3.05) is 24.7 Å². The Morgan fingerprint density at radius 3 is 2.53 bits per heavy atom. The molecular weight excluding hydrogens is 568 g/mol. The van der Waals surface area contributed by atoms with Gasteiger partial charge in [0.2, 0.25) is 5.91 Å². The fourth-order valence-electron chi connectivity index (χ4n) is 7.27. The number of benzene rings is 2. The third kappa shape index (κ3) is 5.30. The highest BCUT2D eigenvalue weighted by Gasteiger charge is 2.79. The molecule has 8 nitrogen and oxygen atoms in total. The van der Waals surface area contributed by atoms with E-state index in [1.807, 2.05) is 43.3 Å². The average molecular weight is 607 g/mol. The fraction of sp³-hybridized carbons (Fsp3) is 0.441. The number of likely N-dealkylation sites (tertiary alicyclic amines) is 1. The molecular formula is C34H39ClN2O6. The Morgan fingerprint density at radius 1 is 1.14 bits per heavy atom. The molecule has 0 aliphatic carbocycles. The van der Waals surface area contributed by atoms with Crippen molar-refractivity contribution in [3.05, 3.63) is 90.5 Å². The molecule has 2 unspecified atom stereocenters. The summed E-state index contributed by atoms with van der Waals surface area (Å²) < 4.78 is 12.5. The van der Waals surface area contributed by atoms with E-state index in [0.29, 0.717) is 35.5 Å². The molecule has 0 aromatic heterocycles. The number of allylic oxidation sites excluding steroid dienone is 1. The van der Waals surface area contributed by atoms with Crippen molar-refractivity contribution in [2.24, 2.45) is 11.8 Å². The van der Waals surface area contributed by atoms with Crippen molar-refractivity contribution in [2.45, 2.75) is 62.3 Å². The summed E-state index contributed by atoms with van der Waals surface area (Å²) in [6.07, 6.45) is 6.62. The van der Waals surface area contributed by atoms with E-state index in [1.54, 1.807) is 30.3 Å². The maximum Gasteiger partial charge on any atom is 0.312 e. The number of carbonyl (C=O) groups excluding carboxylic acids is 3. The first-order valence-corrected chi connectivity index (χ1v) is 15.2. The summed E-state index contributed by atoms with van der Waals surface area (Å²) in [6.45, 7) is 9.34. The zero-order chi connectivity index (χ0) is 30.8. The number of hydrogen-bond acceptors (Lipinski definition) is 6. The molecule has 5 rings (SSSR count). The van der Waals surface area contributed by atoms with Crippen molar-refractivity contribution in [1.82, 2.24) is 4.90 Å². The zero-order valence-corrected chi connectivity index (χ0v) is 25.2. The second-order valence-corrected chi connectivity index (χ2v) is 12.1. The van der Waals surface area contributed by atoms with Crippen molar-refractivity contribution in [3.63, 3.8) is 0 Å². The van der Waals surface area contributed by atoms with Crippen LogP contribution in [0, 0.1) is 11.8 Å². The van der Waals surface area contributed by atoms with Crippen LogP contribution in [-0.4, -0.2) is 64.8 Å². The lowest BCUT2D eigenvalue weighted by Gasteiger charge is -2.39. The predicted octanol–water partition coefficient (Wildman–Crippen LogP) is 5.26. The van der Waals surface area contributed by atoms with Crippen LogP contribution in [0.4, 0.5) is 5.69 Å². The molecule has 0 saturated carbocycles. The maximum atomic E-state index is 14.8. The first kappa shape index (κ1) is 31.0. The predicted molar refractivity (Wildman–Crippen MR) is 164 cm³/mol. The molecule has 0 radical (unpaired) electrons. The van der Waals surface area contributed by atoms with E-state index in [2.05, 4.69) is 13.2 Å². The fourth-order valence-corrected chi connectivity index (χ4v) is 7.51. The van der Waals surface area contributed by atoms with E-state index >= 15 is 0 Å². The summed E-state index contributed by atoms with van der Waals surface area (Å²) in [5.74, 6) is -3.16. The average Bonchev–Trinajstić information content (AvgIpc) is 3.58. The van der Waals surface area contributed by atoms with Crippen LogP contribution in [0.1, 0.15) is 50.6 Å². The van der Waals surface area contributed by atoms with Gasteiger partial charge < -0.3 is 24.4 Å². The molecule has 1 N–H and O–H groups in total. The Morgan fingerprint density at radius 2 is 1.86 bits per heavy atom. The summed E-state index contributed by atoms with van der Waals surface area (Å²) >= 11 is 6.56. The molecule has 43 heavy (non-hydrogen) atoms. The number of unbranched alkanes of at least 4 members (excludes halogenated alkanes) is 2. The highest BCUT2D eigenvalue weighted by atomic mass is 35.5. The van der Waals surface area contributed by atoms with Gasteiger partial charge in [0.1, 0.15) is 17.6 Å². The lowest BCUT2D eigenvalue weighted by atomic mass is 9.66. The van der Waals surface area contributed by atoms with Gasteiger partial charge in [-0.25, -0.2) is 0 Å². The summed E-state index contributed by atoms with van der Waals surface area (Å²) in [4.78, 5) is 46.1. The third-order valence-electron chi connectivity index (χ3n) is 9.16. The van der Waals surface area contributed by atoms with Crippen LogP contribution >= 0.6 is 11.6 Å². The number of halogens is 1. The molecule has 1 spiro atoms. The lowest BCUT2D eigenvalue weighted by Crippen LogP contribution is -2.57. The Bertz CT molecular complexity index is 1380. The van der Waals surface area contributed by atoms with Crippen molar-refractivity contribution >= 4 is 35.1 Å². The quantitative estimate of drug-likeness (QED) is 0.190. The topological polar surface area (TPSA) is 96.4 Å².